The second-order valence-corrected chi connectivity index (χ2v) is 5.85. The molecule has 0 bridgehead atoms. The summed E-state index contributed by atoms with van der Waals surface area (Å²) in [5, 5.41) is 0. The Morgan fingerprint density at radius 1 is 1.25 bits per heavy atom. The van der Waals surface area contributed by atoms with Gasteiger partial charge in [0.1, 0.15) is 5.60 Å². The summed E-state index contributed by atoms with van der Waals surface area (Å²) in [6, 6.07) is 0.244. The molecule has 0 spiro atoms. The molecule has 16 heavy (non-hydrogen) atoms. The van der Waals surface area contributed by atoms with Crippen LogP contribution in [0, 0.1) is 0 Å². The number of hydrogen-bond donors (Lipinski definition) is 0. The van der Waals surface area contributed by atoms with E-state index in [0.717, 1.165) is 0 Å². The highest BCUT2D eigenvalue weighted by Crippen LogP contribution is 2.19. The molecule has 1 amide bonds. The third kappa shape index (κ3) is 3.52. The quantitative estimate of drug-likeness (QED) is 0.618. The number of carbonyl (C=O) groups is 1. The Kier molecular flexibility index (Phi) is 4.07. The van der Waals surface area contributed by atoms with Gasteiger partial charge >= 0.3 is 6.09 Å². The lowest BCUT2D eigenvalue weighted by Gasteiger charge is -2.41. The van der Waals surface area contributed by atoms with Crippen molar-refractivity contribution in [1.82, 2.24) is 9.32 Å². The van der Waals surface area contributed by atoms with Crippen LogP contribution in [0.15, 0.2) is 0 Å². The van der Waals surface area contributed by atoms with Crippen LogP contribution in [0.25, 0.3) is 0 Å². The smallest absolute Gasteiger partial charge is 0.410 e. The average molecular weight is 249 g/mol. The van der Waals surface area contributed by atoms with Gasteiger partial charge in [-0.3, -0.25) is 0 Å². The Morgan fingerprint density at radius 3 is 2.31 bits per heavy atom. The molecule has 1 aliphatic heterocycles. The largest absolute Gasteiger partial charge is 0.444 e. The SMILES string of the molecule is C[C@@H]1CN(Cl)[C@@H](C)CN1C(=O)OC(C)(C)C. The highest BCUT2D eigenvalue weighted by Gasteiger charge is 2.33. The lowest BCUT2D eigenvalue weighted by atomic mass is 10.1. The highest BCUT2D eigenvalue weighted by molar-refractivity contribution is 6.13. The zero-order chi connectivity index (χ0) is 12.5. The van der Waals surface area contributed by atoms with Crippen molar-refractivity contribution in [1.29, 1.82) is 0 Å². The van der Waals surface area contributed by atoms with Gasteiger partial charge in [0.2, 0.25) is 0 Å². The van der Waals surface area contributed by atoms with Crippen molar-refractivity contribution in [2.75, 3.05) is 13.1 Å². The van der Waals surface area contributed by atoms with E-state index < -0.39 is 5.60 Å². The summed E-state index contributed by atoms with van der Waals surface area (Å²) in [4.78, 5) is 13.7. The molecule has 2 atom stereocenters. The van der Waals surface area contributed by atoms with E-state index in [1.54, 1.807) is 9.32 Å². The molecule has 0 radical (unpaired) electrons. The number of halogens is 1. The van der Waals surface area contributed by atoms with Gasteiger partial charge in [0, 0.05) is 25.2 Å². The standard InChI is InChI=1S/C11H21ClN2O2/c1-8-7-14(12)9(2)6-13(8)10(15)16-11(3,4)5/h8-9H,6-7H2,1-5H3/t8-,9+/m1/s1. The van der Waals surface area contributed by atoms with E-state index in [2.05, 4.69) is 0 Å². The summed E-state index contributed by atoms with van der Waals surface area (Å²) in [7, 11) is 0. The van der Waals surface area contributed by atoms with E-state index in [9.17, 15) is 4.79 Å². The molecule has 0 aliphatic carbocycles. The minimum absolute atomic E-state index is 0.0866. The number of hydrogen-bond acceptors (Lipinski definition) is 3. The van der Waals surface area contributed by atoms with E-state index in [4.69, 9.17) is 16.5 Å². The van der Waals surface area contributed by atoms with Crippen LogP contribution in [0.2, 0.25) is 0 Å². The molecule has 0 aromatic heterocycles. The van der Waals surface area contributed by atoms with Crippen molar-refractivity contribution in [3.8, 4) is 0 Å². The Hall–Kier alpha value is -0.480. The fourth-order valence-corrected chi connectivity index (χ4v) is 1.92. The zero-order valence-electron chi connectivity index (χ0n) is 10.7. The third-order valence-corrected chi connectivity index (χ3v) is 3.01. The normalized spacial score (nSPS) is 28.0. The molecule has 1 heterocycles. The summed E-state index contributed by atoms with van der Waals surface area (Å²) < 4.78 is 7.10. The van der Waals surface area contributed by atoms with Gasteiger partial charge in [-0.25, -0.2) is 9.21 Å². The Balaban J connectivity index is 2.62. The van der Waals surface area contributed by atoms with Crippen LogP contribution in [-0.2, 0) is 4.74 Å². The molecule has 1 aliphatic rings. The third-order valence-electron chi connectivity index (χ3n) is 2.54. The summed E-state index contributed by atoms with van der Waals surface area (Å²) in [6.07, 6.45) is -0.253. The highest BCUT2D eigenvalue weighted by atomic mass is 35.5. The first kappa shape index (κ1) is 13.6. The van der Waals surface area contributed by atoms with Crippen LogP contribution in [0.3, 0.4) is 0 Å². The van der Waals surface area contributed by atoms with Crippen LogP contribution in [0.5, 0.6) is 0 Å². The minimum Gasteiger partial charge on any atom is -0.444 e. The molecule has 0 aromatic rings. The van der Waals surface area contributed by atoms with Crippen LogP contribution >= 0.6 is 11.8 Å². The first-order chi connectivity index (χ1) is 7.20. The molecule has 1 saturated heterocycles. The predicted octanol–water partition coefficient (Wildman–Crippen LogP) is 2.47. The van der Waals surface area contributed by atoms with Crippen LogP contribution < -0.4 is 0 Å². The van der Waals surface area contributed by atoms with Gasteiger partial charge in [-0.05, 0) is 46.4 Å². The molecule has 4 nitrogen and oxygen atoms in total. The average Bonchev–Trinajstić information content (AvgIpc) is 2.08. The number of rotatable bonds is 0. The van der Waals surface area contributed by atoms with E-state index >= 15 is 0 Å². The molecule has 1 fully saturated rings. The lowest BCUT2D eigenvalue weighted by Crippen LogP contribution is -2.56. The summed E-state index contributed by atoms with van der Waals surface area (Å²) in [5.74, 6) is 0. The fraction of sp³-hybridized carbons (Fsp3) is 0.909. The summed E-state index contributed by atoms with van der Waals surface area (Å²) >= 11 is 6.02. The number of nitrogens with zero attached hydrogens (tertiary/aromatic N) is 2. The number of ether oxygens (including phenoxy) is 1. The molecule has 0 saturated carbocycles. The second kappa shape index (κ2) is 4.80. The maximum absolute atomic E-state index is 11.9. The molecule has 94 valence electrons. The van der Waals surface area contributed by atoms with Crippen LogP contribution in [0.1, 0.15) is 34.6 Å². The van der Waals surface area contributed by atoms with E-state index in [1.807, 2.05) is 34.6 Å². The Bertz CT molecular complexity index is 265. The monoisotopic (exact) mass is 248 g/mol. The van der Waals surface area contributed by atoms with E-state index in [-0.39, 0.29) is 18.2 Å². The predicted molar refractivity (Wildman–Crippen MR) is 64.4 cm³/mol. The van der Waals surface area contributed by atoms with Crippen molar-refractivity contribution in [3.63, 3.8) is 0 Å². The molecule has 0 unspecified atom stereocenters. The van der Waals surface area contributed by atoms with Gasteiger partial charge in [0.25, 0.3) is 0 Å². The topological polar surface area (TPSA) is 32.8 Å². The van der Waals surface area contributed by atoms with Gasteiger partial charge in [0.05, 0.1) is 0 Å². The number of piperazine rings is 1. The summed E-state index contributed by atoms with van der Waals surface area (Å²) in [6.45, 7) is 10.9. The maximum Gasteiger partial charge on any atom is 0.410 e. The molecular formula is C11H21ClN2O2. The number of carbonyl (C=O) groups excluding carboxylic acids is 1. The van der Waals surface area contributed by atoms with Gasteiger partial charge in [-0.1, -0.05) is 0 Å². The molecule has 5 heteroatoms. The van der Waals surface area contributed by atoms with E-state index in [0.29, 0.717) is 13.1 Å². The molecule has 1 rings (SSSR count). The van der Waals surface area contributed by atoms with Crippen molar-refractivity contribution in [2.45, 2.75) is 52.3 Å². The minimum atomic E-state index is -0.446. The second-order valence-electron chi connectivity index (χ2n) is 5.41. The molecule has 0 aromatic carbocycles. The van der Waals surface area contributed by atoms with Crippen molar-refractivity contribution in [2.24, 2.45) is 0 Å². The van der Waals surface area contributed by atoms with Crippen LogP contribution in [-0.4, -0.2) is 46.2 Å². The number of amides is 1. The van der Waals surface area contributed by atoms with Crippen molar-refractivity contribution < 1.29 is 9.53 Å². The van der Waals surface area contributed by atoms with Gasteiger partial charge in [-0.15, -0.1) is 0 Å². The van der Waals surface area contributed by atoms with Gasteiger partial charge < -0.3 is 9.64 Å². The molecular weight excluding hydrogens is 228 g/mol. The Labute approximate surface area is 103 Å². The maximum atomic E-state index is 11.9. The van der Waals surface area contributed by atoms with Crippen molar-refractivity contribution in [3.05, 3.63) is 0 Å². The summed E-state index contributed by atoms with van der Waals surface area (Å²) in [5.41, 5.74) is -0.446. The van der Waals surface area contributed by atoms with Crippen molar-refractivity contribution >= 4 is 17.9 Å². The molecule has 0 N–H and O–H groups in total. The Morgan fingerprint density at radius 2 is 1.81 bits per heavy atom. The van der Waals surface area contributed by atoms with Crippen LogP contribution in [0.4, 0.5) is 4.79 Å². The fourth-order valence-electron chi connectivity index (χ4n) is 1.66. The van der Waals surface area contributed by atoms with E-state index in [1.165, 1.54) is 0 Å². The van der Waals surface area contributed by atoms with Gasteiger partial charge in [0.15, 0.2) is 0 Å². The lowest BCUT2D eigenvalue weighted by molar-refractivity contribution is 0.00221. The first-order valence-electron chi connectivity index (χ1n) is 5.63. The van der Waals surface area contributed by atoms with Gasteiger partial charge in [-0.2, -0.15) is 0 Å². The first-order valence-corrected chi connectivity index (χ1v) is 5.96. The zero-order valence-corrected chi connectivity index (χ0v) is 11.4.